The van der Waals surface area contributed by atoms with E-state index in [1.54, 1.807) is 72.8 Å². The Bertz CT molecular complexity index is 1590. The van der Waals surface area contributed by atoms with E-state index in [1.165, 1.54) is 12.1 Å². The third-order valence-electron chi connectivity index (χ3n) is 6.87. The average molecular weight is 716 g/mol. The summed E-state index contributed by atoms with van der Waals surface area (Å²) in [6, 6.07) is 23.5. The number of alkyl halides is 4. The molecule has 0 saturated carbocycles. The van der Waals surface area contributed by atoms with Crippen LogP contribution in [0.3, 0.4) is 0 Å². The average Bonchev–Trinajstić information content (AvgIpc) is 3.25. The predicted octanol–water partition coefficient (Wildman–Crippen LogP) is 7.85. The number of benzene rings is 3. The summed E-state index contributed by atoms with van der Waals surface area (Å²) in [6.45, 7) is 1.86. The first-order valence-electron chi connectivity index (χ1n) is 13.3. The fraction of sp³-hybridized carbons (Fsp3) is 0.258. The SMILES string of the molecule is Cc1ccc(S(=O)(=O)OC(C(=O)c2ccccc2)c2ccccc2)cc1.O=C1C2CC=CCC2C(=O)N1SC(Cl)(Cl)C(Cl)Cl. The van der Waals surface area contributed by atoms with E-state index in [0.29, 0.717) is 35.9 Å². The van der Waals surface area contributed by atoms with Crippen molar-refractivity contribution in [3.63, 3.8) is 0 Å². The molecule has 2 amide bonds. The first kappa shape index (κ1) is 34.5. The molecule has 5 rings (SSSR count). The number of halogens is 4. The van der Waals surface area contributed by atoms with E-state index in [2.05, 4.69) is 0 Å². The van der Waals surface area contributed by atoms with Gasteiger partial charge in [-0.3, -0.25) is 14.4 Å². The predicted molar refractivity (Wildman–Crippen MR) is 174 cm³/mol. The number of imide groups is 1. The van der Waals surface area contributed by atoms with E-state index >= 15 is 0 Å². The molecule has 0 aromatic heterocycles. The minimum Gasteiger partial charge on any atom is -0.291 e. The number of ketones is 1. The summed E-state index contributed by atoms with van der Waals surface area (Å²) in [7, 11) is -4.10. The molecule has 44 heavy (non-hydrogen) atoms. The summed E-state index contributed by atoms with van der Waals surface area (Å²) in [6.07, 6.45) is 3.69. The van der Waals surface area contributed by atoms with Gasteiger partial charge in [-0.2, -0.15) is 8.42 Å². The number of nitrogens with zero attached hydrogens (tertiary/aromatic N) is 1. The number of hydrogen-bond acceptors (Lipinski definition) is 7. The van der Waals surface area contributed by atoms with Gasteiger partial charge in [0.25, 0.3) is 10.1 Å². The molecule has 0 radical (unpaired) electrons. The molecule has 0 spiro atoms. The molecule has 1 heterocycles. The number of aryl methyl sites for hydroxylation is 1. The zero-order chi connectivity index (χ0) is 32.1. The number of allylic oxidation sites excluding steroid dienone is 2. The lowest BCUT2D eigenvalue weighted by molar-refractivity contribution is -0.133. The third kappa shape index (κ3) is 8.26. The number of hydrogen-bond donors (Lipinski definition) is 0. The first-order chi connectivity index (χ1) is 20.8. The van der Waals surface area contributed by atoms with Crippen LogP contribution in [0, 0.1) is 18.8 Å². The highest BCUT2D eigenvalue weighted by molar-refractivity contribution is 8.02. The second-order valence-corrected chi connectivity index (χ2v) is 15.7. The maximum absolute atomic E-state index is 12.9. The van der Waals surface area contributed by atoms with Crippen LogP contribution in [0.15, 0.2) is 102 Å². The molecule has 3 unspecified atom stereocenters. The largest absolute Gasteiger partial charge is 0.298 e. The Labute approximate surface area is 280 Å². The second kappa shape index (κ2) is 14.8. The molecule has 0 bridgehead atoms. The summed E-state index contributed by atoms with van der Waals surface area (Å²) < 4.78 is 30.1. The maximum Gasteiger partial charge on any atom is 0.298 e. The van der Waals surface area contributed by atoms with E-state index in [1.807, 2.05) is 19.1 Å². The molecule has 1 aliphatic carbocycles. The van der Waals surface area contributed by atoms with E-state index in [-0.39, 0.29) is 28.5 Å². The van der Waals surface area contributed by atoms with Gasteiger partial charge in [0.05, 0.1) is 16.7 Å². The first-order valence-corrected chi connectivity index (χ1v) is 17.1. The van der Waals surface area contributed by atoms with E-state index in [4.69, 9.17) is 50.6 Å². The van der Waals surface area contributed by atoms with Crippen molar-refractivity contribution in [2.24, 2.45) is 11.8 Å². The van der Waals surface area contributed by atoms with Gasteiger partial charge in [0.15, 0.2) is 16.7 Å². The van der Waals surface area contributed by atoms with Crippen molar-refractivity contribution in [1.29, 1.82) is 0 Å². The van der Waals surface area contributed by atoms with Crippen molar-refractivity contribution < 1.29 is 27.0 Å². The summed E-state index contributed by atoms with van der Waals surface area (Å²) in [5.74, 6) is -1.60. The molecule has 3 atom stereocenters. The molecular weight excluding hydrogens is 688 g/mol. The Hall–Kier alpha value is -2.37. The number of carbonyl (C=O) groups excluding carboxylic acids is 3. The van der Waals surface area contributed by atoms with Gasteiger partial charge in [0.2, 0.25) is 15.5 Å². The van der Waals surface area contributed by atoms with Crippen molar-refractivity contribution >= 4 is 86.1 Å². The quantitative estimate of drug-likeness (QED) is 0.0556. The molecule has 1 aliphatic heterocycles. The minimum absolute atomic E-state index is 0.0184. The lowest BCUT2D eigenvalue weighted by atomic mass is 9.85. The summed E-state index contributed by atoms with van der Waals surface area (Å²) >= 11 is 23.7. The summed E-state index contributed by atoms with van der Waals surface area (Å²) in [5.41, 5.74) is 1.81. The van der Waals surface area contributed by atoms with Crippen LogP contribution in [-0.2, 0) is 23.9 Å². The number of rotatable bonds is 9. The molecule has 0 N–H and O–H groups in total. The molecular formula is C31H27Cl4NO6S2. The van der Waals surface area contributed by atoms with Gasteiger partial charge in [-0.1, -0.05) is 114 Å². The van der Waals surface area contributed by atoms with Gasteiger partial charge in [-0.25, -0.2) is 8.49 Å². The van der Waals surface area contributed by atoms with Crippen LogP contribution in [0.25, 0.3) is 0 Å². The van der Waals surface area contributed by atoms with Crippen molar-refractivity contribution in [3.05, 3.63) is 114 Å². The normalized spacial score (nSPS) is 18.9. The van der Waals surface area contributed by atoms with Crippen LogP contribution in [0.1, 0.15) is 40.4 Å². The Kier molecular flexibility index (Phi) is 11.6. The zero-order valence-corrected chi connectivity index (χ0v) is 27.8. The van der Waals surface area contributed by atoms with Crippen LogP contribution in [0.4, 0.5) is 0 Å². The summed E-state index contributed by atoms with van der Waals surface area (Å²) in [5, 5.41) is 0. The van der Waals surface area contributed by atoms with Crippen molar-refractivity contribution in [1.82, 2.24) is 4.31 Å². The van der Waals surface area contributed by atoms with Crippen LogP contribution in [0.5, 0.6) is 0 Å². The molecule has 232 valence electrons. The molecule has 1 fully saturated rings. The standard InChI is InChI=1S/C21H18O4S.C10H9Cl4NO2S/c1-16-12-14-19(15-13-16)26(23,24)25-21(18-10-6-3-7-11-18)20(22)17-8-4-2-5-9-17;11-9(12)10(13,14)18-15-7(16)5-3-1-2-4-6(5)8(15)17/h2-15,21H,1H3;1-2,5-6,9H,3-4H2. The highest BCUT2D eigenvalue weighted by Gasteiger charge is 2.51. The van der Waals surface area contributed by atoms with E-state index < -0.39 is 30.5 Å². The molecule has 3 aromatic carbocycles. The third-order valence-corrected chi connectivity index (χ3v) is 11.4. The van der Waals surface area contributed by atoms with Crippen molar-refractivity contribution in [3.8, 4) is 0 Å². The highest BCUT2D eigenvalue weighted by atomic mass is 35.5. The van der Waals surface area contributed by atoms with Crippen LogP contribution in [0.2, 0.25) is 0 Å². The topological polar surface area (TPSA) is 97.8 Å². The van der Waals surface area contributed by atoms with Gasteiger partial charge in [-0.05, 0) is 37.5 Å². The van der Waals surface area contributed by atoms with Gasteiger partial charge in [-0.15, -0.1) is 23.2 Å². The monoisotopic (exact) mass is 713 g/mol. The maximum atomic E-state index is 12.9. The van der Waals surface area contributed by atoms with Crippen LogP contribution >= 0.6 is 58.4 Å². The van der Waals surface area contributed by atoms with E-state index in [0.717, 1.165) is 9.87 Å². The molecule has 7 nitrogen and oxygen atoms in total. The van der Waals surface area contributed by atoms with Crippen LogP contribution < -0.4 is 0 Å². The van der Waals surface area contributed by atoms with Gasteiger partial charge in [0.1, 0.15) is 0 Å². The Morgan fingerprint density at radius 3 is 1.86 bits per heavy atom. The summed E-state index contributed by atoms with van der Waals surface area (Å²) in [4.78, 5) is 36.0. The minimum atomic E-state index is -4.10. The van der Waals surface area contributed by atoms with Gasteiger partial charge in [0, 0.05) is 17.5 Å². The zero-order valence-electron chi connectivity index (χ0n) is 23.2. The van der Waals surface area contributed by atoms with Crippen molar-refractivity contribution in [2.45, 2.75) is 39.3 Å². The smallest absolute Gasteiger partial charge is 0.291 e. The van der Waals surface area contributed by atoms with Gasteiger partial charge < -0.3 is 0 Å². The Morgan fingerprint density at radius 2 is 1.36 bits per heavy atom. The Balaban J connectivity index is 0.000000215. The number of Topliss-reactive ketones (excluding diaryl/α,β-unsaturated/α-hetero) is 1. The van der Waals surface area contributed by atoms with Gasteiger partial charge >= 0.3 is 0 Å². The lowest BCUT2D eigenvalue weighted by Crippen LogP contribution is -2.31. The molecule has 2 aliphatic rings. The second-order valence-electron chi connectivity index (χ2n) is 9.96. The molecule has 1 saturated heterocycles. The van der Waals surface area contributed by atoms with Crippen molar-refractivity contribution in [2.75, 3.05) is 0 Å². The lowest BCUT2D eigenvalue weighted by Gasteiger charge is -2.24. The highest BCUT2D eigenvalue weighted by Crippen LogP contribution is 2.48. The fourth-order valence-electron chi connectivity index (χ4n) is 4.54. The fourth-order valence-corrected chi connectivity index (χ4v) is 7.00. The number of fused-ring (bicyclic) bond motifs is 1. The molecule has 3 aromatic rings. The molecule has 13 heteroatoms. The Morgan fingerprint density at radius 1 is 0.864 bits per heavy atom. The van der Waals surface area contributed by atoms with Crippen LogP contribution in [-0.4, -0.2) is 38.8 Å². The number of amides is 2. The van der Waals surface area contributed by atoms with E-state index in [9.17, 15) is 22.8 Å². The number of carbonyl (C=O) groups is 3.